The lowest BCUT2D eigenvalue weighted by atomic mass is 9.85. The van der Waals surface area contributed by atoms with Crippen LogP contribution in [0.5, 0.6) is 0 Å². The van der Waals surface area contributed by atoms with Gasteiger partial charge in [-0.25, -0.2) is 4.79 Å². The molecule has 2 amide bonds. The normalized spacial score (nSPS) is 29.1. The topological polar surface area (TPSA) is 54.0 Å². The summed E-state index contributed by atoms with van der Waals surface area (Å²) in [6, 6.07) is 0.123. The molecule has 0 aromatic heterocycles. The smallest absolute Gasteiger partial charge is 0.318 e. The van der Waals surface area contributed by atoms with E-state index in [0.29, 0.717) is 13.2 Å². The van der Waals surface area contributed by atoms with Gasteiger partial charge in [-0.2, -0.15) is 0 Å². The molecule has 3 saturated heterocycles. The Morgan fingerprint density at radius 2 is 2.13 bits per heavy atom. The Bertz CT molecular complexity index is 404. The zero-order valence-electron chi connectivity index (χ0n) is 14.6. The molecule has 0 aromatic carbocycles. The first-order valence-electron chi connectivity index (χ1n) is 9.05. The van der Waals surface area contributed by atoms with Gasteiger partial charge in [-0.15, -0.1) is 0 Å². The van der Waals surface area contributed by atoms with Crippen LogP contribution in [0.1, 0.15) is 39.0 Å². The third-order valence-electron chi connectivity index (χ3n) is 5.60. The molecule has 0 bridgehead atoms. The van der Waals surface area contributed by atoms with E-state index < -0.39 is 0 Å². The summed E-state index contributed by atoms with van der Waals surface area (Å²) < 4.78 is 11.1. The average Bonchev–Trinajstić information content (AvgIpc) is 3.18. The second-order valence-corrected chi connectivity index (χ2v) is 7.45. The number of urea groups is 1. The molecule has 3 fully saturated rings. The van der Waals surface area contributed by atoms with Gasteiger partial charge in [0.1, 0.15) is 0 Å². The van der Waals surface area contributed by atoms with Crippen LogP contribution in [0.3, 0.4) is 0 Å². The van der Waals surface area contributed by atoms with E-state index >= 15 is 0 Å². The van der Waals surface area contributed by atoms with Crippen LogP contribution in [-0.2, 0) is 9.47 Å². The summed E-state index contributed by atoms with van der Waals surface area (Å²) in [6.45, 7) is 7.11. The molecule has 23 heavy (non-hydrogen) atoms. The number of ether oxygens (including phenoxy) is 2. The molecule has 0 saturated carbocycles. The van der Waals surface area contributed by atoms with E-state index in [4.69, 9.17) is 9.47 Å². The summed E-state index contributed by atoms with van der Waals surface area (Å²) in [4.78, 5) is 17.2. The lowest BCUT2D eigenvalue weighted by Gasteiger charge is -2.44. The first-order valence-corrected chi connectivity index (χ1v) is 9.05. The first-order chi connectivity index (χ1) is 11.1. The molecule has 3 aliphatic rings. The summed E-state index contributed by atoms with van der Waals surface area (Å²) in [7, 11) is 2.17. The predicted molar refractivity (Wildman–Crippen MR) is 88.6 cm³/mol. The molecular formula is C17H31N3O3. The van der Waals surface area contributed by atoms with Crippen molar-refractivity contribution < 1.29 is 14.3 Å². The molecule has 6 nitrogen and oxygen atoms in total. The minimum Gasteiger partial charge on any atom is -0.379 e. The van der Waals surface area contributed by atoms with Gasteiger partial charge < -0.3 is 24.6 Å². The maximum absolute atomic E-state index is 12.7. The highest BCUT2D eigenvalue weighted by molar-refractivity contribution is 5.75. The van der Waals surface area contributed by atoms with E-state index in [1.165, 1.54) is 0 Å². The summed E-state index contributed by atoms with van der Waals surface area (Å²) in [5.74, 6) is 0. The fraction of sp³-hybridized carbons (Fsp3) is 0.941. The van der Waals surface area contributed by atoms with Crippen LogP contribution in [0, 0.1) is 0 Å². The third-order valence-corrected chi connectivity index (χ3v) is 5.60. The summed E-state index contributed by atoms with van der Waals surface area (Å²) in [5.41, 5.74) is 0.0937. The fourth-order valence-corrected chi connectivity index (χ4v) is 4.07. The van der Waals surface area contributed by atoms with Gasteiger partial charge in [0.25, 0.3) is 0 Å². The highest BCUT2D eigenvalue weighted by atomic mass is 16.5. The summed E-state index contributed by atoms with van der Waals surface area (Å²) >= 11 is 0. The van der Waals surface area contributed by atoms with Crippen molar-refractivity contribution >= 4 is 6.03 Å². The van der Waals surface area contributed by atoms with Crippen LogP contribution in [0.4, 0.5) is 4.79 Å². The van der Waals surface area contributed by atoms with Crippen molar-refractivity contribution in [3.05, 3.63) is 0 Å². The predicted octanol–water partition coefficient (Wildman–Crippen LogP) is 1.45. The van der Waals surface area contributed by atoms with Crippen molar-refractivity contribution in [2.45, 2.75) is 56.7 Å². The zero-order valence-corrected chi connectivity index (χ0v) is 14.6. The van der Waals surface area contributed by atoms with E-state index in [0.717, 1.165) is 58.3 Å². The number of hydrogen-bond acceptors (Lipinski definition) is 4. The molecule has 6 heteroatoms. The Morgan fingerprint density at radius 3 is 2.83 bits per heavy atom. The monoisotopic (exact) mass is 325 g/mol. The minimum atomic E-state index is 0.0343. The van der Waals surface area contributed by atoms with Crippen LogP contribution in [0.25, 0.3) is 0 Å². The van der Waals surface area contributed by atoms with Crippen molar-refractivity contribution in [3.8, 4) is 0 Å². The van der Waals surface area contributed by atoms with Crippen molar-refractivity contribution in [2.75, 3.05) is 46.5 Å². The van der Waals surface area contributed by atoms with Gasteiger partial charge in [-0.3, -0.25) is 0 Å². The molecule has 0 aliphatic carbocycles. The van der Waals surface area contributed by atoms with E-state index in [-0.39, 0.29) is 23.7 Å². The summed E-state index contributed by atoms with van der Waals surface area (Å²) in [6.07, 6.45) is 5.63. The highest BCUT2D eigenvalue weighted by Gasteiger charge is 2.45. The average molecular weight is 325 g/mol. The van der Waals surface area contributed by atoms with Crippen LogP contribution in [-0.4, -0.2) is 80.0 Å². The second kappa shape index (κ2) is 7.36. The Labute approximate surface area is 139 Å². The standard InChI is InChI=1S/C17H31N3O3/c1-14(12-23-15-4-11-22-13-15)18-16(21)20-8-3-5-17(20)6-9-19(2)10-7-17/h14-15H,3-13H2,1-2H3,(H,18,21)/t14-,15-/m1/s1. The van der Waals surface area contributed by atoms with Crippen molar-refractivity contribution in [1.29, 1.82) is 0 Å². The molecule has 1 N–H and O–H groups in total. The van der Waals surface area contributed by atoms with E-state index in [1.54, 1.807) is 0 Å². The molecule has 0 unspecified atom stereocenters. The maximum atomic E-state index is 12.7. The number of hydrogen-bond donors (Lipinski definition) is 1. The van der Waals surface area contributed by atoms with Gasteiger partial charge in [-0.05, 0) is 46.1 Å². The van der Waals surface area contributed by atoms with Gasteiger partial charge in [0.05, 0.1) is 25.4 Å². The minimum absolute atomic E-state index is 0.0343. The molecule has 3 heterocycles. The van der Waals surface area contributed by atoms with Crippen LogP contribution in [0.2, 0.25) is 0 Å². The van der Waals surface area contributed by atoms with Crippen LogP contribution < -0.4 is 5.32 Å². The van der Waals surface area contributed by atoms with Gasteiger partial charge >= 0.3 is 6.03 Å². The second-order valence-electron chi connectivity index (χ2n) is 7.45. The number of rotatable bonds is 4. The Hall–Kier alpha value is -0.850. The van der Waals surface area contributed by atoms with Crippen LogP contribution >= 0.6 is 0 Å². The number of nitrogens with one attached hydrogen (secondary N) is 1. The molecule has 2 atom stereocenters. The number of amides is 2. The van der Waals surface area contributed by atoms with Gasteiger partial charge in [-0.1, -0.05) is 0 Å². The SMILES string of the molecule is C[C@H](CO[C@@H]1CCOC1)NC(=O)N1CCCC12CCN(C)CC2. The molecule has 3 aliphatic heterocycles. The number of likely N-dealkylation sites (tertiary alicyclic amines) is 2. The Kier molecular flexibility index (Phi) is 5.44. The lowest BCUT2D eigenvalue weighted by molar-refractivity contribution is 0.0310. The van der Waals surface area contributed by atoms with E-state index in [9.17, 15) is 4.79 Å². The zero-order chi connectivity index (χ0) is 16.3. The molecule has 132 valence electrons. The largest absolute Gasteiger partial charge is 0.379 e. The lowest BCUT2D eigenvalue weighted by Crippen LogP contribution is -2.57. The Balaban J connectivity index is 1.48. The maximum Gasteiger partial charge on any atom is 0.318 e. The highest BCUT2D eigenvalue weighted by Crippen LogP contribution is 2.38. The molecule has 0 radical (unpaired) electrons. The van der Waals surface area contributed by atoms with E-state index in [1.807, 2.05) is 6.92 Å². The molecule has 0 aromatic rings. The molecule has 3 rings (SSSR count). The fourth-order valence-electron chi connectivity index (χ4n) is 4.07. The number of nitrogens with zero attached hydrogens (tertiary/aromatic N) is 2. The third kappa shape index (κ3) is 3.98. The van der Waals surface area contributed by atoms with E-state index in [2.05, 4.69) is 22.2 Å². The summed E-state index contributed by atoms with van der Waals surface area (Å²) in [5, 5.41) is 3.14. The van der Waals surface area contributed by atoms with Gasteiger partial charge in [0.15, 0.2) is 0 Å². The van der Waals surface area contributed by atoms with Crippen molar-refractivity contribution in [3.63, 3.8) is 0 Å². The van der Waals surface area contributed by atoms with Gasteiger partial charge in [0, 0.05) is 31.8 Å². The molecule has 1 spiro atoms. The number of carbonyl (C=O) groups is 1. The van der Waals surface area contributed by atoms with Gasteiger partial charge in [0.2, 0.25) is 0 Å². The van der Waals surface area contributed by atoms with Crippen molar-refractivity contribution in [2.24, 2.45) is 0 Å². The Morgan fingerprint density at radius 1 is 1.35 bits per heavy atom. The van der Waals surface area contributed by atoms with Crippen molar-refractivity contribution in [1.82, 2.24) is 15.1 Å². The molecular weight excluding hydrogens is 294 g/mol. The first kappa shape index (κ1) is 17.0. The number of piperidine rings is 1. The quantitative estimate of drug-likeness (QED) is 0.850. The van der Waals surface area contributed by atoms with Crippen LogP contribution in [0.15, 0.2) is 0 Å². The number of carbonyl (C=O) groups excluding carboxylic acids is 1.